The fraction of sp³-hybridized carbons (Fsp3) is 0.943. The number of aliphatic hydroxyl groups is 13. The number of carbonyl (C=O) groups excluding carboxylic acids is 1. The van der Waals surface area contributed by atoms with Gasteiger partial charge in [-0.15, -0.1) is 0 Å². The van der Waals surface area contributed by atoms with Crippen molar-refractivity contribution >= 4 is 5.97 Å². The molecule has 0 radical (unpaired) electrons. The largest absolute Gasteiger partial charge is 0.432 e. The maximum absolute atomic E-state index is 15.1. The van der Waals surface area contributed by atoms with Gasteiger partial charge in [0.2, 0.25) is 6.29 Å². The van der Waals surface area contributed by atoms with E-state index in [0.29, 0.717) is 38.5 Å². The summed E-state index contributed by atoms with van der Waals surface area (Å²) in [7, 11) is 0. The lowest BCUT2D eigenvalue weighted by Crippen LogP contribution is -2.67. The lowest BCUT2D eigenvalue weighted by molar-refractivity contribution is -0.365. The number of allylic oxidation sites excluding steroid dienone is 2. The summed E-state index contributed by atoms with van der Waals surface area (Å²) in [6, 6.07) is 0. The highest BCUT2D eigenvalue weighted by Crippen LogP contribution is 2.76. The first-order chi connectivity index (χ1) is 35.1. The highest BCUT2D eigenvalue weighted by atomic mass is 16.8. The third-order valence-electron chi connectivity index (χ3n) is 21.1. The maximum atomic E-state index is 15.1. The average molecular weight is 1080 g/mol. The second-order valence-electron chi connectivity index (χ2n) is 25.7. The van der Waals surface area contributed by atoms with E-state index in [4.69, 9.17) is 37.9 Å². The van der Waals surface area contributed by atoms with Crippen LogP contribution in [0.25, 0.3) is 0 Å². The number of fused-ring (bicyclic) bond motifs is 7. The van der Waals surface area contributed by atoms with E-state index in [1.165, 1.54) is 12.5 Å². The zero-order valence-corrected chi connectivity index (χ0v) is 44.2. The Morgan fingerprint density at radius 3 is 1.95 bits per heavy atom. The molecule has 0 amide bonds. The van der Waals surface area contributed by atoms with Gasteiger partial charge in [0.15, 0.2) is 18.9 Å². The molecule has 4 aliphatic heterocycles. The predicted molar refractivity (Wildman–Crippen MR) is 257 cm³/mol. The van der Waals surface area contributed by atoms with Crippen LogP contribution in [-0.2, 0) is 42.7 Å². The summed E-state index contributed by atoms with van der Waals surface area (Å²) in [4.78, 5) is 15.1. The summed E-state index contributed by atoms with van der Waals surface area (Å²) in [6.45, 7) is 13.2. The minimum atomic E-state index is -1.84. The standard InChI is InChI=1S/C53H86O22/c1-23-32(57)36(61)40(65)44(70-23)74-42-33(58)26(56)20-68-46(42)73-31-11-12-49(4)29(50(31,5)22-55)10-13-52(7)30(49)9-8-24-25-18-48(2,3)14-16-53(25,17-15-51(24,52)6)47(67)75-45-41(66)38(63)35(60)28(72-45)21-69-43-39(64)37(62)34(59)27(19-54)71-43/h8,23,25-46,54-66H,9-22H2,1-7H3/t23-,25-,26-,27+,28+,29+,30+,31-,32-,33-,34+,35+,36+,37-,38-,39+,40+,41+,42+,43+,44-,45-,46-,49-,50-,51+,52+,53-/m1/s1. The lowest BCUT2D eigenvalue weighted by atomic mass is 9.33. The molecule has 4 saturated carbocycles. The molecular weight excluding hydrogens is 989 g/mol. The molecule has 8 fully saturated rings. The SMILES string of the molecule is C[C@H]1O[C@H](O[C@@H]2[C@@H](O[C@@H]3CC[C@]4(C)[C@H](CC[C@@]5(C)[C@H]4CC=C4[C@H]6CC(C)(C)CC[C@@]6(C(=O)O[C@H]6O[C@@H](CO[C@H]7O[C@@H](CO)[C@H](O)[C@@H](O)[C@@H]7O)[C@H](O)[C@@H](O)[C@@H]6O)CC[C@@]45C)[C@@]3(C)CO)OC[C@@H](O)[C@H]2O)[C@@H](O)[C@@H](O)[C@@H]1O. The molecule has 5 aliphatic carbocycles. The van der Waals surface area contributed by atoms with Crippen molar-refractivity contribution in [2.75, 3.05) is 26.4 Å². The van der Waals surface area contributed by atoms with Crippen molar-refractivity contribution in [3.05, 3.63) is 11.6 Å². The van der Waals surface area contributed by atoms with Crippen LogP contribution in [0.15, 0.2) is 11.6 Å². The van der Waals surface area contributed by atoms with Crippen molar-refractivity contribution in [3.63, 3.8) is 0 Å². The highest BCUT2D eigenvalue weighted by molar-refractivity contribution is 5.79. The maximum Gasteiger partial charge on any atom is 0.315 e. The Morgan fingerprint density at radius 2 is 1.27 bits per heavy atom. The van der Waals surface area contributed by atoms with Crippen molar-refractivity contribution in [2.24, 2.45) is 50.2 Å². The van der Waals surface area contributed by atoms with Crippen LogP contribution >= 0.6 is 0 Å². The van der Waals surface area contributed by atoms with Crippen molar-refractivity contribution in [1.82, 2.24) is 0 Å². The Balaban J connectivity index is 0.931. The fourth-order valence-corrected chi connectivity index (χ4v) is 16.1. The molecule has 13 N–H and O–H groups in total. The van der Waals surface area contributed by atoms with Gasteiger partial charge >= 0.3 is 5.97 Å². The molecule has 4 heterocycles. The van der Waals surface area contributed by atoms with Crippen LogP contribution in [0.3, 0.4) is 0 Å². The molecule has 75 heavy (non-hydrogen) atoms. The molecule has 430 valence electrons. The van der Waals surface area contributed by atoms with Crippen LogP contribution < -0.4 is 0 Å². The molecule has 4 saturated heterocycles. The number of rotatable bonds is 11. The van der Waals surface area contributed by atoms with Gasteiger partial charge in [-0.3, -0.25) is 4.79 Å². The molecule has 9 aliphatic rings. The minimum absolute atomic E-state index is 0.0432. The first kappa shape index (κ1) is 58.1. The van der Waals surface area contributed by atoms with Crippen LogP contribution in [0.2, 0.25) is 0 Å². The first-order valence-corrected chi connectivity index (χ1v) is 27.3. The Kier molecular flexibility index (Phi) is 16.3. The van der Waals surface area contributed by atoms with E-state index in [1.54, 1.807) is 0 Å². The average Bonchev–Trinajstić information content (AvgIpc) is 3.37. The van der Waals surface area contributed by atoms with Gasteiger partial charge in [0.05, 0.1) is 44.1 Å². The second kappa shape index (κ2) is 21.1. The summed E-state index contributed by atoms with van der Waals surface area (Å²) >= 11 is 0. The number of hydrogen-bond acceptors (Lipinski definition) is 22. The Bertz CT molecular complexity index is 2060. The van der Waals surface area contributed by atoms with Crippen molar-refractivity contribution in [3.8, 4) is 0 Å². The third kappa shape index (κ3) is 9.50. The van der Waals surface area contributed by atoms with E-state index in [1.807, 2.05) is 6.92 Å². The summed E-state index contributed by atoms with van der Waals surface area (Å²) in [6.07, 6.45) is -20.8. The van der Waals surface area contributed by atoms with E-state index in [9.17, 15) is 66.4 Å². The molecule has 0 bridgehead atoms. The van der Waals surface area contributed by atoms with E-state index in [-0.39, 0.29) is 52.6 Å². The quantitative estimate of drug-likeness (QED) is 0.0643. The molecule has 22 nitrogen and oxygen atoms in total. The van der Waals surface area contributed by atoms with E-state index >= 15 is 4.79 Å². The predicted octanol–water partition coefficient (Wildman–Crippen LogP) is -1.40. The highest BCUT2D eigenvalue weighted by Gasteiger charge is 2.71. The number of aliphatic hydroxyl groups excluding tert-OH is 13. The molecule has 0 aromatic carbocycles. The van der Waals surface area contributed by atoms with Gasteiger partial charge in [-0.05, 0) is 111 Å². The van der Waals surface area contributed by atoms with Crippen LogP contribution in [0.5, 0.6) is 0 Å². The van der Waals surface area contributed by atoms with E-state index < -0.39 is 153 Å². The van der Waals surface area contributed by atoms with Gasteiger partial charge in [-0.2, -0.15) is 0 Å². The fourth-order valence-electron chi connectivity index (χ4n) is 16.1. The number of hydrogen-bond donors (Lipinski definition) is 13. The van der Waals surface area contributed by atoms with Gasteiger partial charge in [-0.25, -0.2) is 0 Å². The normalized spacial score (nSPS) is 54.8. The van der Waals surface area contributed by atoms with Crippen LogP contribution in [0, 0.1) is 50.2 Å². The van der Waals surface area contributed by atoms with Crippen molar-refractivity contribution in [2.45, 2.75) is 235 Å². The Labute approximate surface area is 437 Å². The molecule has 0 unspecified atom stereocenters. The van der Waals surface area contributed by atoms with Gasteiger partial charge < -0.3 is 104 Å². The van der Waals surface area contributed by atoms with E-state index in [0.717, 1.165) is 25.7 Å². The third-order valence-corrected chi connectivity index (χ3v) is 21.1. The Morgan fingerprint density at radius 1 is 0.640 bits per heavy atom. The zero-order valence-electron chi connectivity index (χ0n) is 44.2. The Hall–Kier alpha value is -1.59. The van der Waals surface area contributed by atoms with Gasteiger partial charge in [-0.1, -0.05) is 53.2 Å². The van der Waals surface area contributed by atoms with Crippen molar-refractivity contribution in [1.29, 1.82) is 0 Å². The summed E-state index contributed by atoms with van der Waals surface area (Å²) in [5.41, 5.74) is -1.70. The molecule has 0 aromatic heterocycles. The number of esters is 1. The summed E-state index contributed by atoms with van der Waals surface area (Å²) in [5, 5.41) is 139. The van der Waals surface area contributed by atoms with Gasteiger partial charge in [0, 0.05) is 5.41 Å². The molecule has 0 aromatic rings. The zero-order chi connectivity index (χ0) is 54.7. The number of carbonyl (C=O) groups is 1. The van der Waals surface area contributed by atoms with E-state index in [2.05, 4.69) is 40.7 Å². The molecular formula is C53H86O22. The van der Waals surface area contributed by atoms with Crippen LogP contribution in [0.4, 0.5) is 0 Å². The summed E-state index contributed by atoms with van der Waals surface area (Å²) in [5.74, 6) is -0.732. The van der Waals surface area contributed by atoms with Crippen LogP contribution in [0.1, 0.15) is 113 Å². The molecule has 0 spiro atoms. The number of ether oxygens (including phenoxy) is 8. The smallest absolute Gasteiger partial charge is 0.315 e. The van der Waals surface area contributed by atoms with Gasteiger partial charge in [0.1, 0.15) is 85.5 Å². The topological polar surface area (TPSA) is 354 Å². The minimum Gasteiger partial charge on any atom is -0.432 e. The second-order valence-corrected chi connectivity index (χ2v) is 25.7. The van der Waals surface area contributed by atoms with Gasteiger partial charge in [0.25, 0.3) is 0 Å². The first-order valence-electron chi connectivity index (χ1n) is 27.3. The molecule has 28 atom stereocenters. The van der Waals surface area contributed by atoms with Crippen molar-refractivity contribution < 1.29 is 109 Å². The lowest BCUT2D eigenvalue weighted by Gasteiger charge is -2.71. The molecule has 22 heteroatoms. The summed E-state index contributed by atoms with van der Waals surface area (Å²) < 4.78 is 47.6. The monoisotopic (exact) mass is 1070 g/mol. The van der Waals surface area contributed by atoms with Crippen LogP contribution in [-0.4, -0.2) is 222 Å². The molecule has 9 rings (SSSR count).